The van der Waals surface area contributed by atoms with E-state index < -0.39 is 6.03 Å². The van der Waals surface area contributed by atoms with Crippen molar-refractivity contribution in [2.45, 2.75) is 18.8 Å². The Morgan fingerprint density at radius 3 is 2.75 bits per heavy atom. The SMILES string of the molecule is NC(=O)N(O)CCC1CC1c1ccccc1. The van der Waals surface area contributed by atoms with Gasteiger partial charge in [0, 0.05) is 0 Å². The summed E-state index contributed by atoms with van der Waals surface area (Å²) in [7, 11) is 0. The molecule has 2 unspecified atom stereocenters. The summed E-state index contributed by atoms with van der Waals surface area (Å²) < 4.78 is 0. The van der Waals surface area contributed by atoms with Gasteiger partial charge < -0.3 is 5.73 Å². The lowest BCUT2D eigenvalue weighted by Gasteiger charge is -2.11. The van der Waals surface area contributed by atoms with Crippen LogP contribution in [0.15, 0.2) is 30.3 Å². The molecule has 0 heterocycles. The van der Waals surface area contributed by atoms with Gasteiger partial charge in [-0.1, -0.05) is 30.3 Å². The van der Waals surface area contributed by atoms with Crippen LogP contribution in [0.4, 0.5) is 4.79 Å². The van der Waals surface area contributed by atoms with Gasteiger partial charge in [-0.25, -0.2) is 9.86 Å². The number of hydrogen-bond acceptors (Lipinski definition) is 2. The number of hydroxylamine groups is 2. The van der Waals surface area contributed by atoms with Crippen molar-refractivity contribution in [3.05, 3.63) is 35.9 Å². The summed E-state index contributed by atoms with van der Waals surface area (Å²) in [5.74, 6) is 1.15. The zero-order valence-corrected chi connectivity index (χ0v) is 9.04. The Bertz CT molecular complexity index is 367. The Balaban J connectivity index is 1.78. The largest absolute Gasteiger partial charge is 0.350 e. The standard InChI is InChI=1S/C12H16N2O2/c13-12(15)14(16)7-6-10-8-11(10)9-4-2-1-3-5-9/h1-5,10-11,16H,6-8H2,(H2,13,15). The molecular formula is C12H16N2O2. The van der Waals surface area contributed by atoms with Gasteiger partial charge >= 0.3 is 6.03 Å². The predicted octanol–water partition coefficient (Wildman–Crippen LogP) is 1.95. The summed E-state index contributed by atoms with van der Waals surface area (Å²) in [5.41, 5.74) is 6.27. The molecule has 1 aromatic rings. The topological polar surface area (TPSA) is 66.6 Å². The van der Waals surface area contributed by atoms with E-state index in [9.17, 15) is 4.79 Å². The minimum Gasteiger partial charge on any atom is -0.350 e. The molecule has 0 spiro atoms. The molecule has 3 N–H and O–H groups in total. The molecule has 1 saturated carbocycles. The summed E-state index contributed by atoms with van der Waals surface area (Å²) in [4.78, 5) is 10.6. The Labute approximate surface area is 94.6 Å². The van der Waals surface area contributed by atoms with Crippen LogP contribution in [0.5, 0.6) is 0 Å². The number of benzene rings is 1. The highest BCUT2D eigenvalue weighted by atomic mass is 16.5. The molecule has 2 atom stereocenters. The molecule has 2 amide bonds. The van der Waals surface area contributed by atoms with Crippen molar-refractivity contribution in [2.24, 2.45) is 11.7 Å². The van der Waals surface area contributed by atoms with Gasteiger partial charge in [-0.3, -0.25) is 5.21 Å². The highest BCUT2D eigenvalue weighted by Crippen LogP contribution is 2.49. The van der Waals surface area contributed by atoms with Crippen LogP contribution in [0.3, 0.4) is 0 Å². The Morgan fingerprint density at radius 1 is 1.44 bits per heavy atom. The molecule has 2 rings (SSSR count). The number of carbonyl (C=O) groups is 1. The van der Waals surface area contributed by atoms with E-state index in [2.05, 4.69) is 12.1 Å². The zero-order chi connectivity index (χ0) is 11.5. The number of nitrogens with two attached hydrogens (primary N) is 1. The van der Waals surface area contributed by atoms with Crippen molar-refractivity contribution in [1.82, 2.24) is 5.06 Å². The second-order valence-electron chi connectivity index (χ2n) is 4.26. The predicted molar refractivity (Wildman–Crippen MR) is 60.0 cm³/mol. The van der Waals surface area contributed by atoms with Gasteiger partial charge in [0.2, 0.25) is 0 Å². The summed E-state index contributed by atoms with van der Waals surface area (Å²) in [5, 5.41) is 9.70. The van der Waals surface area contributed by atoms with Gasteiger partial charge in [0.25, 0.3) is 0 Å². The van der Waals surface area contributed by atoms with Crippen molar-refractivity contribution in [3.8, 4) is 0 Å². The first kappa shape index (κ1) is 11.0. The van der Waals surface area contributed by atoms with E-state index in [4.69, 9.17) is 10.9 Å². The van der Waals surface area contributed by atoms with Gasteiger partial charge in [-0.15, -0.1) is 0 Å². The van der Waals surface area contributed by atoms with E-state index in [-0.39, 0.29) is 0 Å². The molecule has 0 saturated heterocycles. The van der Waals surface area contributed by atoms with Gasteiger partial charge in [0.15, 0.2) is 0 Å². The number of rotatable bonds is 4. The van der Waals surface area contributed by atoms with Crippen LogP contribution >= 0.6 is 0 Å². The van der Waals surface area contributed by atoms with Crippen LogP contribution in [0.25, 0.3) is 0 Å². The minimum atomic E-state index is -0.781. The summed E-state index contributed by atoms with van der Waals surface area (Å²) in [6, 6.07) is 9.53. The highest BCUT2D eigenvalue weighted by molar-refractivity contribution is 5.70. The molecule has 0 bridgehead atoms. The van der Waals surface area contributed by atoms with E-state index in [1.807, 2.05) is 18.2 Å². The van der Waals surface area contributed by atoms with Crippen LogP contribution in [0.2, 0.25) is 0 Å². The lowest BCUT2D eigenvalue weighted by molar-refractivity contribution is -0.0410. The van der Waals surface area contributed by atoms with E-state index in [0.29, 0.717) is 23.4 Å². The third-order valence-corrected chi connectivity index (χ3v) is 3.12. The van der Waals surface area contributed by atoms with Crippen LogP contribution in [-0.2, 0) is 0 Å². The lowest BCUT2D eigenvalue weighted by Crippen LogP contribution is -2.33. The molecule has 1 fully saturated rings. The average molecular weight is 220 g/mol. The summed E-state index contributed by atoms with van der Waals surface area (Å²) >= 11 is 0. The van der Waals surface area contributed by atoms with Crippen molar-refractivity contribution in [2.75, 3.05) is 6.54 Å². The van der Waals surface area contributed by atoms with Gasteiger partial charge in [0.1, 0.15) is 0 Å². The molecule has 1 aliphatic rings. The van der Waals surface area contributed by atoms with E-state index in [1.54, 1.807) is 0 Å². The van der Waals surface area contributed by atoms with E-state index >= 15 is 0 Å². The Hall–Kier alpha value is -1.55. The molecule has 16 heavy (non-hydrogen) atoms. The third-order valence-electron chi connectivity index (χ3n) is 3.12. The number of amides is 2. The molecule has 0 aliphatic heterocycles. The fourth-order valence-electron chi connectivity index (χ4n) is 2.07. The van der Waals surface area contributed by atoms with Crippen molar-refractivity contribution in [1.29, 1.82) is 0 Å². The fourth-order valence-corrected chi connectivity index (χ4v) is 2.07. The maximum Gasteiger partial charge on any atom is 0.338 e. The maximum atomic E-state index is 10.6. The van der Waals surface area contributed by atoms with Gasteiger partial charge in [0.05, 0.1) is 6.54 Å². The molecule has 4 heteroatoms. The minimum absolute atomic E-state index is 0.323. The zero-order valence-electron chi connectivity index (χ0n) is 9.04. The van der Waals surface area contributed by atoms with E-state index in [0.717, 1.165) is 12.8 Å². The van der Waals surface area contributed by atoms with Gasteiger partial charge in [-0.05, 0) is 30.2 Å². The smallest absolute Gasteiger partial charge is 0.338 e. The van der Waals surface area contributed by atoms with Crippen LogP contribution in [-0.4, -0.2) is 22.8 Å². The molecule has 4 nitrogen and oxygen atoms in total. The van der Waals surface area contributed by atoms with Crippen molar-refractivity contribution >= 4 is 6.03 Å². The Morgan fingerprint density at radius 2 is 2.12 bits per heavy atom. The fraction of sp³-hybridized carbons (Fsp3) is 0.417. The summed E-state index contributed by atoms with van der Waals surface area (Å²) in [6.45, 7) is 0.323. The monoisotopic (exact) mass is 220 g/mol. The average Bonchev–Trinajstić information content (AvgIpc) is 3.06. The van der Waals surface area contributed by atoms with Crippen molar-refractivity contribution < 1.29 is 10.0 Å². The summed E-state index contributed by atoms with van der Waals surface area (Å²) in [6.07, 6.45) is 1.94. The third kappa shape index (κ3) is 2.52. The molecule has 1 aliphatic carbocycles. The number of urea groups is 1. The molecule has 0 aromatic heterocycles. The van der Waals surface area contributed by atoms with Crippen LogP contribution < -0.4 is 5.73 Å². The normalized spacial score (nSPS) is 22.8. The Kier molecular flexibility index (Phi) is 3.10. The second kappa shape index (κ2) is 4.53. The van der Waals surface area contributed by atoms with Gasteiger partial charge in [-0.2, -0.15) is 0 Å². The van der Waals surface area contributed by atoms with E-state index in [1.165, 1.54) is 5.56 Å². The molecule has 86 valence electrons. The quantitative estimate of drug-likeness (QED) is 0.601. The first-order valence-corrected chi connectivity index (χ1v) is 5.49. The number of primary amides is 1. The number of hydrogen-bond donors (Lipinski definition) is 2. The molecular weight excluding hydrogens is 204 g/mol. The van der Waals surface area contributed by atoms with Crippen LogP contribution in [0, 0.1) is 5.92 Å². The lowest BCUT2D eigenvalue weighted by atomic mass is 10.1. The maximum absolute atomic E-state index is 10.6. The van der Waals surface area contributed by atoms with Crippen LogP contribution in [0.1, 0.15) is 24.3 Å². The first-order chi connectivity index (χ1) is 7.68. The molecule has 0 radical (unpaired) electrons. The number of carbonyl (C=O) groups excluding carboxylic acids is 1. The number of nitrogens with zero attached hydrogens (tertiary/aromatic N) is 1. The first-order valence-electron chi connectivity index (χ1n) is 5.49. The molecule has 1 aromatic carbocycles. The second-order valence-corrected chi connectivity index (χ2v) is 4.26. The van der Waals surface area contributed by atoms with Crippen molar-refractivity contribution in [3.63, 3.8) is 0 Å². The highest BCUT2D eigenvalue weighted by Gasteiger charge is 2.37.